The van der Waals surface area contributed by atoms with E-state index in [0.29, 0.717) is 5.78 Å². The molecule has 4 rings (SSSR count). The lowest BCUT2D eigenvalue weighted by atomic mass is 10.1. The van der Waals surface area contributed by atoms with E-state index < -0.39 is 0 Å². The minimum atomic E-state index is 0.115. The van der Waals surface area contributed by atoms with Crippen LogP contribution in [0.15, 0.2) is 48.9 Å². The average Bonchev–Trinajstić information content (AvgIpc) is 3.26. The highest BCUT2D eigenvalue weighted by atomic mass is 16.2. The summed E-state index contributed by atoms with van der Waals surface area (Å²) in [6.07, 6.45) is 7.58. The highest BCUT2D eigenvalue weighted by molar-refractivity contribution is 5.94. The first-order chi connectivity index (χ1) is 10.3. The maximum absolute atomic E-state index is 11.8. The number of imidazole rings is 1. The summed E-state index contributed by atoms with van der Waals surface area (Å²) in [6.45, 7) is 0. The van der Waals surface area contributed by atoms with Gasteiger partial charge in [0.1, 0.15) is 0 Å². The minimum Gasteiger partial charge on any atom is -0.326 e. The third kappa shape index (κ3) is 2.38. The molecule has 0 spiro atoms. The summed E-state index contributed by atoms with van der Waals surface area (Å²) in [6, 6.07) is 9.62. The first-order valence-electron chi connectivity index (χ1n) is 7.01. The molecule has 2 aromatic heterocycles. The number of rotatable bonds is 3. The average molecular weight is 278 g/mol. The largest absolute Gasteiger partial charge is 0.326 e. The highest BCUT2D eigenvalue weighted by Crippen LogP contribution is 2.30. The second kappa shape index (κ2) is 4.70. The molecule has 0 saturated heterocycles. The number of carbonyl (C=O) groups is 1. The Hall–Kier alpha value is -2.69. The fourth-order valence-corrected chi connectivity index (χ4v) is 2.32. The van der Waals surface area contributed by atoms with Crippen molar-refractivity contribution in [3.8, 4) is 11.3 Å². The predicted octanol–water partition coefficient (Wildman–Crippen LogP) is 2.74. The van der Waals surface area contributed by atoms with Crippen molar-refractivity contribution >= 4 is 17.4 Å². The zero-order valence-electron chi connectivity index (χ0n) is 11.4. The van der Waals surface area contributed by atoms with Gasteiger partial charge in [-0.2, -0.15) is 0 Å². The van der Waals surface area contributed by atoms with Crippen molar-refractivity contribution < 1.29 is 4.79 Å². The monoisotopic (exact) mass is 278 g/mol. The molecule has 1 saturated carbocycles. The molecule has 21 heavy (non-hydrogen) atoms. The van der Waals surface area contributed by atoms with Crippen LogP contribution in [-0.2, 0) is 4.79 Å². The summed E-state index contributed by atoms with van der Waals surface area (Å²) >= 11 is 0. The summed E-state index contributed by atoms with van der Waals surface area (Å²) in [5.74, 6) is 0.983. The van der Waals surface area contributed by atoms with Gasteiger partial charge in [0.25, 0.3) is 0 Å². The van der Waals surface area contributed by atoms with Gasteiger partial charge in [-0.1, -0.05) is 12.1 Å². The van der Waals surface area contributed by atoms with Gasteiger partial charge in [0.05, 0.1) is 5.69 Å². The number of nitrogens with one attached hydrogen (secondary N) is 1. The molecule has 0 radical (unpaired) electrons. The van der Waals surface area contributed by atoms with Crippen LogP contribution in [0.5, 0.6) is 0 Å². The molecule has 0 atom stereocenters. The number of aromatic nitrogens is 3. The third-order valence-corrected chi connectivity index (χ3v) is 3.61. The fraction of sp³-hybridized carbons (Fsp3) is 0.188. The van der Waals surface area contributed by atoms with Crippen molar-refractivity contribution in [2.75, 3.05) is 5.32 Å². The van der Waals surface area contributed by atoms with Gasteiger partial charge < -0.3 is 5.32 Å². The molecule has 2 heterocycles. The molecule has 1 aliphatic rings. The van der Waals surface area contributed by atoms with Crippen LogP contribution < -0.4 is 5.32 Å². The predicted molar refractivity (Wildman–Crippen MR) is 79.8 cm³/mol. The Bertz CT molecular complexity index is 787. The number of fused-ring (bicyclic) bond motifs is 1. The number of carbonyl (C=O) groups excluding carboxylic acids is 1. The quantitative estimate of drug-likeness (QED) is 0.801. The van der Waals surface area contributed by atoms with Crippen molar-refractivity contribution in [3.63, 3.8) is 0 Å². The molecule has 1 fully saturated rings. The molecule has 3 aromatic rings. The van der Waals surface area contributed by atoms with Crippen molar-refractivity contribution in [2.45, 2.75) is 12.8 Å². The van der Waals surface area contributed by atoms with Gasteiger partial charge in [0.15, 0.2) is 0 Å². The lowest BCUT2D eigenvalue weighted by Crippen LogP contribution is -2.13. The van der Waals surface area contributed by atoms with Crippen molar-refractivity contribution in [1.29, 1.82) is 0 Å². The van der Waals surface area contributed by atoms with Gasteiger partial charge in [-0.3, -0.25) is 9.20 Å². The lowest BCUT2D eigenvalue weighted by Gasteiger charge is -2.05. The van der Waals surface area contributed by atoms with Crippen LogP contribution in [0.1, 0.15) is 12.8 Å². The Balaban J connectivity index is 1.66. The molecule has 1 aliphatic carbocycles. The Labute approximate surface area is 121 Å². The van der Waals surface area contributed by atoms with Crippen LogP contribution in [0, 0.1) is 5.92 Å². The molecule has 5 heteroatoms. The van der Waals surface area contributed by atoms with Gasteiger partial charge in [-0.25, -0.2) is 9.97 Å². The van der Waals surface area contributed by atoms with Crippen LogP contribution in [0.2, 0.25) is 0 Å². The SMILES string of the molecule is O=C(Nc1cccc(-c2cn3cccnc3n2)c1)C1CC1. The fourth-order valence-electron chi connectivity index (χ4n) is 2.32. The van der Waals surface area contributed by atoms with E-state index in [0.717, 1.165) is 29.8 Å². The van der Waals surface area contributed by atoms with Crippen LogP contribution in [0.25, 0.3) is 17.0 Å². The Morgan fingerprint density at radius 2 is 2.19 bits per heavy atom. The molecule has 1 N–H and O–H groups in total. The van der Waals surface area contributed by atoms with E-state index in [1.54, 1.807) is 6.20 Å². The zero-order valence-corrected chi connectivity index (χ0v) is 11.4. The third-order valence-electron chi connectivity index (χ3n) is 3.61. The van der Waals surface area contributed by atoms with Gasteiger partial charge in [-0.15, -0.1) is 0 Å². The van der Waals surface area contributed by atoms with Crippen LogP contribution in [-0.4, -0.2) is 20.3 Å². The Morgan fingerprint density at radius 1 is 1.29 bits per heavy atom. The second-order valence-corrected chi connectivity index (χ2v) is 5.30. The van der Waals surface area contributed by atoms with E-state index in [1.807, 2.05) is 47.1 Å². The number of hydrogen-bond acceptors (Lipinski definition) is 3. The molecule has 5 nitrogen and oxygen atoms in total. The van der Waals surface area contributed by atoms with E-state index >= 15 is 0 Å². The number of hydrogen-bond donors (Lipinski definition) is 1. The smallest absolute Gasteiger partial charge is 0.234 e. The summed E-state index contributed by atoms with van der Waals surface area (Å²) in [7, 11) is 0. The second-order valence-electron chi connectivity index (χ2n) is 5.30. The van der Waals surface area contributed by atoms with Crippen LogP contribution >= 0.6 is 0 Å². The maximum Gasteiger partial charge on any atom is 0.234 e. The number of anilines is 1. The molecular weight excluding hydrogens is 264 g/mol. The summed E-state index contributed by atoms with van der Waals surface area (Å²) < 4.78 is 1.88. The van der Waals surface area contributed by atoms with Crippen molar-refractivity contribution in [2.24, 2.45) is 5.92 Å². The van der Waals surface area contributed by atoms with Crippen LogP contribution in [0.4, 0.5) is 5.69 Å². The van der Waals surface area contributed by atoms with E-state index in [-0.39, 0.29) is 11.8 Å². The lowest BCUT2D eigenvalue weighted by molar-refractivity contribution is -0.117. The Kier molecular flexibility index (Phi) is 2.70. The first kappa shape index (κ1) is 12.1. The van der Waals surface area contributed by atoms with E-state index in [4.69, 9.17) is 0 Å². The van der Waals surface area contributed by atoms with E-state index in [9.17, 15) is 4.79 Å². The maximum atomic E-state index is 11.8. The van der Waals surface area contributed by atoms with Crippen molar-refractivity contribution in [1.82, 2.24) is 14.4 Å². The summed E-state index contributed by atoms with van der Waals surface area (Å²) in [4.78, 5) is 20.5. The number of benzene rings is 1. The standard InChI is InChI=1S/C16H14N4O/c21-15(11-5-6-11)18-13-4-1-3-12(9-13)14-10-20-8-2-7-17-16(20)19-14/h1-4,7-11H,5-6H2,(H,18,21). The highest BCUT2D eigenvalue weighted by Gasteiger charge is 2.29. The van der Waals surface area contributed by atoms with E-state index in [1.165, 1.54) is 0 Å². The molecule has 1 amide bonds. The van der Waals surface area contributed by atoms with Crippen molar-refractivity contribution in [3.05, 3.63) is 48.9 Å². The molecule has 0 bridgehead atoms. The van der Waals surface area contributed by atoms with Gasteiger partial charge in [0.2, 0.25) is 11.7 Å². The summed E-state index contributed by atoms with van der Waals surface area (Å²) in [5.41, 5.74) is 2.62. The molecule has 0 aliphatic heterocycles. The van der Waals surface area contributed by atoms with Gasteiger partial charge in [0, 0.05) is 35.8 Å². The van der Waals surface area contributed by atoms with Gasteiger partial charge in [-0.05, 0) is 31.0 Å². The topological polar surface area (TPSA) is 59.3 Å². The molecule has 1 aromatic carbocycles. The zero-order chi connectivity index (χ0) is 14.2. The minimum absolute atomic E-state index is 0.115. The number of amides is 1. The summed E-state index contributed by atoms with van der Waals surface area (Å²) in [5, 5.41) is 2.96. The van der Waals surface area contributed by atoms with Crippen LogP contribution in [0.3, 0.4) is 0 Å². The first-order valence-corrected chi connectivity index (χ1v) is 7.01. The number of nitrogens with zero attached hydrogens (tertiary/aromatic N) is 3. The van der Waals surface area contributed by atoms with E-state index in [2.05, 4.69) is 15.3 Å². The molecule has 104 valence electrons. The molecular formula is C16H14N4O. The normalized spacial score (nSPS) is 14.3. The molecule has 0 unspecified atom stereocenters. The van der Waals surface area contributed by atoms with Gasteiger partial charge >= 0.3 is 0 Å². The Morgan fingerprint density at radius 3 is 3.00 bits per heavy atom.